The number of rotatable bonds is 4. The first kappa shape index (κ1) is 21.3. The Hall–Kier alpha value is -4.23. The summed E-state index contributed by atoms with van der Waals surface area (Å²) in [5.41, 5.74) is 12.4. The highest BCUT2D eigenvalue weighted by Crippen LogP contribution is 2.34. The molecule has 2 N–H and O–H groups in total. The van der Waals surface area contributed by atoms with E-state index in [1.165, 1.54) is 0 Å². The molecule has 6 rings (SSSR count). The molecular formula is C28H25N5O2. The molecule has 7 heteroatoms. The zero-order chi connectivity index (χ0) is 23.9. The van der Waals surface area contributed by atoms with Gasteiger partial charge in [-0.3, -0.25) is 9.36 Å². The van der Waals surface area contributed by atoms with Gasteiger partial charge in [0.25, 0.3) is 5.91 Å². The minimum Gasteiger partial charge on any atom is -0.378 e. The maximum atomic E-state index is 12.5. The summed E-state index contributed by atoms with van der Waals surface area (Å²) in [6.07, 6.45) is 0. The van der Waals surface area contributed by atoms with E-state index in [1.54, 1.807) is 0 Å². The van der Waals surface area contributed by atoms with E-state index < -0.39 is 5.91 Å². The molecule has 1 amide bonds. The van der Waals surface area contributed by atoms with Crippen molar-refractivity contribution < 1.29 is 9.53 Å². The number of carbonyl (C=O) groups is 1. The first-order valence-corrected chi connectivity index (χ1v) is 11.7. The number of morpholine rings is 1. The van der Waals surface area contributed by atoms with Gasteiger partial charge in [0.2, 0.25) is 0 Å². The second kappa shape index (κ2) is 8.52. The van der Waals surface area contributed by atoms with Crippen LogP contribution in [0, 0.1) is 6.92 Å². The van der Waals surface area contributed by atoms with Crippen LogP contribution < -0.4 is 10.6 Å². The van der Waals surface area contributed by atoms with Gasteiger partial charge in [-0.05, 0) is 31.2 Å². The van der Waals surface area contributed by atoms with E-state index >= 15 is 0 Å². The molecule has 2 aromatic heterocycles. The number of amides is 1. The van der Waals surface area contributed by atoms with Gasteiger partial charge in [-0.25, -0.2) is 9.97 Å². The van der Waals surface area contributed by atoms with E-state index in [0.717, 1.165) is 58.0 Å². The molecule has 0 aliphatic carbocycles. The molecule has 1 saturated heterocycles. The molecular weight excluding hydrogens is 438 g/mol. The molecule has 1 aliphatic heterocycles. The van der Waals surface area contributed by atoms with Gasteiger partial charge < -0.3 is 15.4 Å². The lowest BCUT2D eigenvalue weighted by molar-refractivity contribution is 0.100. The number of pyridine rings is 1. The van der Waals surface area contributed by atoms with Crippen LogP contribution in [0.5, 0.6) is 0 Å². The molecule has 0 unspecified atom stereocenters. The van der Waals surface area contributed by atoms with Crippen molar-refractivity contribution >= 4 is 33.5 Å². The normalized spacial score (nSPS) is 14.0. The lowest BCUT2D eigenvalue weighted by atomic mass is 10.1. The quantitative estimate of drug-likeness (QED) is 0.425. The predicted molar refractivity (Wildman–Crippen MR) is 138 cm³/mol. The third-order valence-electron chi connectivity index (χ3n) is 6.56. The number of carbonyl (C=O) groups excluding carboxylic acids is 1. The van der Waals surface area contributed by atoms with Crippen molar-refractivity contribution in [2.24, 2.45) is 5.73 Å². The van der Waals surface area contributed by atoms with E-state index in [1.807, 2.05) is 49.4 Å². The Morgan fingerprint density at radius 1 is 0.943 bits per heavy atom. The van der Waals surface area contributed by atoms with Crippen molar-refractivity contribution in [2.75, 3.05) is 31.2 Å². The number of nitrogens with zero attached hydrogens (tertiary/aromatic N) is 4. The van der Waals surface area contributed by atoms with Crippen LogP contribution in [0.4, 0.5) is 5.69 Å². The molecule has 35 heavy (non-hydrogen) atoms. The third-order valence-corrected chi connectivity index (χ3v) is 6.56. The fourth-order valence-electron chi connectivity index (χ4n) is 4.87. The van der Waals surface area contributed by atoms with Gasteiger partial charge >= 0.3 is 0 Å². The largest absolute Gasteiger partial charge is 0.378 e. The molecule has 1 fully saturated rings. The average molecular weight is 464 g/mol. The number of imidazole rings is 1. The number of fused-ring (bicyclic) bond motifs is 2. The van der Waals surface area contributed by atoms with Crippen LogP contribution in [0.25, 0.3) is 38.9 Å². The van der Waals surface area contributed by atoms with Crippen molar-refractivity contribution in [3.8, 4) is 16.9 Å². The highest BCUT2D eigenvalue weighted by atomic mass is 16.5. The molecule has 1 aliphatic rings. The maximum Gasteiger partial charge on any atom is 0.251 e. The Morgan fingerprint density at radius 2 is 1.69 bits per heavy atom. The standard InChI is InChI=1S/C28H25N5O2/c1-18-30-27-22(28(29)34)15-20(32-11-13-35-14-12-32)16-26(27)33(18)25-17-24(19-7-3-2-4-8-19)31-23-10-6-5-9-21(23)25/h2-10,15-17H,11-14H2,1H3,(H2,29,34). The summed E-state index contributed by atoms with van der Waals surface area (Å²) in [4.78, 5) is 24.4. The Kier molecular flexibility index (Phi) is 5.19. The van der Waals surface area contributed by atoms with E-state index in [2.05, 4.69) is 39.8 Å². The SMILES string of the molecule is Cc1nc2c(C(N)=O)cc(N3CCOCC3)cc2n1-c1cc(-c2ccccc2)nc2ccccc12. The molecule has 0 spiro atoms. The molecule has 0 atom stereocenters. The molecule has 5 aromatic rings. The summed E-state index contributed by atoms with van der Waals surface area (Å²) in [6, 6.07) is 24.3. The van der Waals surface area contributed by atoms with Crippen LogP contribution in [0.3, 0.4) is 0 Å². The molecule has 0 radical (unpaired) electrons. The first-order valence-electron chi connectivity index (χ1n) is 11.7. The van der Waals surface area contributed by atoms with Crippen LogP contribution in [0.1, 0.15) is 16.2 Å². The number of anilines is 1. The van der Waals surface area contributed by atoms with Crippen LogP contribution in [0.2, 0.25) is 0 Å². The number of aromatic nitrogens is 3. The van der Waals surface area contributed by atoms with E-state index in [9.17, 15) is 4.79 Å². The average Bonchev–Trinajstić information content (AvgIpc) is 3.23. The Balaban J connectivity index is 1.65. The summed E-state index contributed by atoms with van der Waals surface area (Å²) < 4.78 is 7.64. The van der Waals surface area contributed by atoms with E-state index in [0.29, 0.717) is 24.3 Å². The highest BCUT2D eigenvalue weighted by molar-refractivity contribution is 6.06. The van der Waals surface area contributed by atoms with Crippen LogP contribution in [-0.4, -0.2) is 46.7 Å². The monoisotopic (exact) mass is 463 g/mol. The van der Waals surface area contributed by atoms with Crippen molar-refractivity contribution in [3.05, 3.63) is 84.2 Å². The fourth-order valence-corrected chi connectivity index (χ4v) is 4.87. The van der Waals surface area contributed by atoms with Gasteiger partial charge in [-0.1, -0.05) is 48.5 Å². The summed E-state index contributed by atoms with van der Waals surface area (Å²) in [6.45, 7) is 4.77. The number of nitrogens with two attached hydrogens (primary N) is 1. The number of hydrogen-bond donors (Lipinski definition) is 1. The Morgan fingerprint density at radius 3 is 2.46 bits per heavy atom. The number of hydrogen-bond acceptors (Lipinski definition) is 5. The van der Waals surface area contributed by atoms with Crippen molar-refractivity contribution in [3.63, 3.8) is 0 Å². The molecule has 3 heterocycles. The highest BCUT2D eigenvalue weighted by Gasteiger charge is 2.22. The van der Waals surface area contributed by atoms with E-state index in [4.69, 9.17) is 20.4 Å². The van der Waals surface area contributed by atoms with E-state index in [-0.39, 0.29) is 0 Å². The summed E-state index contributed by atoms with van der Waals surface area (Å²) in [5.74, 6) is 0.288. The summed E-state index contributed by atoms with van der Waals surface area (Å²) in [7, 11) is 0. The van der Waals surface area contributed by atoms with Gasteiger partial charge in [-0.2, -0.15) is 0 Å². The number of benzene rings is 3. The van der Waals surface area contributed by atoms with Crippen molar-refractivity contribution in [2.45, 2.75) is 6.92 Å². The Labute approximate surface area is 202 Å². The lowest BCUT2D eigenvalue weighted by Gasteiger charge is -2.29. The topological polar surface area (TPSA) is 86.3 Å². The predicted octanol–water partition coefficient (Wildman–Crippen LogP) is 4.48. The second-order valence-corrected chi connectivity index (χ2v) is 8.73. The van der Waals surface area contributed by atoms with Crippen LogP contribution in [0.15, 0.2) is 72.8 Å². The van der Waals surface area contributed by atoms with Gasteiger partial charge in [0.1, 0.15) is 11.3 Å². The van der Waals surface area contributed by atoms with Crippen molar-refractivity contribution in [1.29, 1.82) is 0 Å². The van der Waals surface area contributed by atoms with Crippen LogP contribution >= 0.6 is 0 Å². The zero-order valence-corrected chi connectivity index (χ0v) is 19.4. The van der Waals surface area contributed by atoms with Gasteiger partial charge in [0, 0.05) is 29.7 Å². The van der Waals surface area contributed by atoms with Gasteiger partial charge in [0.05, 0.1) is 41.2 Å². The molecule has 3 aromatic carbocycles. The first-order chi connectivity index (χ1) is 17.1. The third kappa shape index (κ3) is 3.70. The minimum atomic E-state index is -0.487. The number of aryl methyl sites for hydroxylation is 1. The molecule has 0 saturated carbocycles. The zero-order valence-electron chi connectivity index (χ0n) is 19.4. The number of ether oxygens (including phenoxy) is 1. The van der Waals surface area contributed by atoms with Crippen LogP contribution in [-0.2, 0) is 4.74 Å². The molecule has 7 nitrogen and oxygen atoms in total. The summed E-state index contributed by atoms with van der Waals surface area (Å²) >= 11 is 0. The number of para-hydroxylation sites is 1. The maximum absolute atomic E-state index is 12.5. The van der Waals surface area contributed by atoms with Crippen molar-refractivity contribution in [1.82, 2.24) is 14.5 Å². The second-order valence-electron chi connectivity index (χ2n) is 8.73. The van der Waals surface area contributed by atoms with Gasteiger partial charge in [0.15, 0.2) is 0 Å². The lowest BCUT2D eigenvalue weighted by Crippen LogP contribution is -2.36. The minimum absolute atomic E-state index is 0.424. The Bertz CT molecular complexity index is 1570. The smallest absolute Gasteiger partial charge is 0.251 e. The number of primary amides is 1. The van der Waals surface area contributed by atoms with Gasteiger partial charge in [-0.15, -0.1) is 0 Å². The fraction of sp³-hybridized carbons (Fsp3) is 0.179. The molecule has 174 valence electrons. The summed E-state index contributed by atoms with van der Waals surface area (Å²) in [5, 5.41) is 1.01. The molecule has 0 bridgehead atoms.